The molecule has 8 nitrogen and oxygen atoms in total. The van der Waals surface area contributed by atoms with Crippen molar-refractivity contribution in [2.24, 2.45) is 0 Å². The Labute approximate surface area is 128 Å². The van der Waals surface area contributed by atoms with Crippen LogP contribution in [-0.2, 0) is 13.1 Å². The van der Waals surface area contributed by atoms with E-state index in [1.165, 1.54) is 4.68 Å². The van der Waals surface area contributed by atoms with Crippen molar-refractivity contribution in [2.75, 3.05) is 37.6 Å². The molecule has 0 aromatic carbocycles. The average molecular weight is 303 g/mol. The molecule has 2 aromatic heterocycles. The van der Waals surface area contributed by atoms with E-state index in [9.17, 15) is 4.79 Å². The van der Waals surface area contributed by atoms with Crippen molar-refractivity contribution in [2.45, 2.75) is 20.0 Å². The van der Waals surface area contributed by atoms with Gasteiger partial charge in [0.25, 0.3) is 5.56 Å². The van der Waals surface area contributed by atoms with Crippen molar-refractivity contribution in [3.05, 3.63) is 34.9 Å². The van der Waals surface area contributed by atoms with Crippen LogP contribution in [0.15, 0.2) is 29.3 Å². The van der Waals surface area contributed by atoms with Crippen molar-refractivity contribution < 1.29 is 0 Å². The predicted octanol–water partition coefficient (Wildman–Crippen LogP) is -0.323. The van der Waals surface area contributed by atoms with Crippen LogP contribution in [0.3, 0.4) is 0 Å². The van der Waals surface area contributed by atoms with Crippen LogP contribution < -0.4 is 10.5 Å². The van der Waals surface area contributed by atoms with Crippen molar-refractivity contribution in [3.63, 3.8) is 0 Å². The topological polar surface area (TPSA) is 72.1 Å². The summed E-state index contributed by atoms with van der Waals surface area (Å²) in [5.41, 5.74) is -0.0448. The molecule has 8 heteroatoms. The van der Waals surface area contributed by atoms with Crippen LogP contribution in [0.25, 0.3) is 0 Å². The average Bonchev–Trinajstić information content (AvgIpc) is 3.07. The van der Waals surface area contributed by atoms with E-state index in [0.29, 0.717) is 6.54 Å². The fourth-order valence-electron chi connectivity index (χ4n) is 2.62. The zero-order valence-corrected chi connectivity index (χ0v) is 12.8. The fourth-order valence-corrected chi connectivity index (χ4v) is 2.62. The summed E-state index contributed by atoms with van der Waals surface area (Å²) in [6.45, 7) is 8.09. The van der Waals surface area contributed by atoms with Gasteiger partial charge in [-0.3, -0.25) is 9.69 Å². The van der Waals surface area contributed by atoms with Crippen molar-refractivity contribution >= 4 is 5.82 Å². The Morgan fingerprint density at radius 3 is 2.45 bits per heavy atom. The van der Waals surface area contributed by atoms with Gasteiger partial charge in [0.15, 0.2) is 0 Å². The van der Waals surface area contributed by atoms with Crippen molar-refractivity contribution in [1.29, 1.82) is 0 Å². The predicted molar refractivity (Wildman–Crippen MR) is 82.8 cm³/mol. The highest BCUT2D eigenvalue weighted by Gasteiger charge is 2.18. The van der Waals surface area contributed by atoms with Gasteiger partial charge in [-0.05, 0) is 13.0 Å². The van der Waals surface area contributed by atoms with E-state index >= 15 is 0 Å². The molecule has 0 bridgehead atoms. The van der Waals surface area contributed by atoms with Gasteiger partial charge < -0.3 is 4.90 Å². The third-order valence-corrected chi connectivity index (χ3v) is 3.93. The van der Waals surface area contributed by atoms with Crippen LogP contribution in [0.1, 0.15) is 6.92 Å². The first-order valence-corrected chi connectivity index (χ1v) is 7.66. The largest absolute Gasteiger partial charge is 0.353 e. The summed E-state index contributed by atoms with van der Waals surface area (Å²) in [7, 11) is 0. The summed E-state index contributed by atoms with van der Waals surface area (Å²) in [6.07, 6.45) is 3.40. The van der Waals surface area contributed by atoms with Gasteiger partial charge in [0.05, 0.1) is 18.9 Å². The molecule has 0 amide bonds. The maximum atomic E-state index is 11.6. The maximum Gasteiger partial charge on any atom is 0.266 e. The minimum atomic E-state index is -0.0448. The molecule has 2 aromatic rings. The number of anilines is 1. The number of piperazine rings is 1. The number of hydrogen-bond donors (Lipinski definition) is 0. The SMILES string of the molecule is CCn1nc(N2CCN(CCn3nccn3)CC2)ccc1=O. The molecule has 1 fully saturated rings. The van der Waals surface area contributed by atoms with Gasteiger partial charge in [0.2, 0.25) is 0 Å². The minimum Gasteiger partial charge on any atom is -0.353 e. The highest BCUT2D eigenvalue weighted by atomic mass is 16.1. The second-order valence-electron chi connectivity index (χ2n) is 5.30. The molecule has 1 aliphatic heterocycles. The Morgan fingerprint density at radius 2 is 1.77 bits per heavy atom. The van der Waals surface area contributed by atoms with E-state index in [1.807, 2.05) is 13.0 Å². The molecule has 0 unspecified atom stereocenters. The molecule has 1 saturated heterocycles. The number of rotatable bonds is 5. The van der Waals surface area contributed by atoms with Gasteiger partial charge in [-0.1, -0.05) is 0 Å². The van der Waals surface area contributed by atoms with Crippen molar-refractivity contribution in [1.82, 2.24) is 29.7 Å². The molecule has 0 atom stereocenters. The molecular formula is C14H21N7O. The summed E-state index contributed by atoms with van der Waals surface area (Å²) in [5, 5.41) is 12.6. The van der Waals surface area contributed by atoms with E-state index in [1.54, 1.807) is 23.3 Å². The number of hydrogen-bond acceptors (Lipinski definition) is 6. The second-order valence-corrected chi connectivity index (χ2v) is 5.30. The molecule has 0 saturated carbocycles. The Morgan fingerprint density at radius 1 is 1.05 bits per heavy atom. The van der Waals surface area contributed by atoms with Crippen LogP contribution in [-0.4, -0.2) is 62.4 Å². The van der Waals surface area contributed by atoms with E-state index in [0.717, 1.165) is 45.1 Å². The molecule has 22 heavy (non-hydrogen) atoms. The van der Waals surface area contributed by atoms with E-state index in [4.69, 9.17) is 0 Å². The molecule has 1 aliphatic rings. The number of aryl methyl sites for hydroxylation is 1. The Kier molecular flexibility index (Phi) is 4.47. The summed E-state index contributed by atoms with van der Waals surface area (Å²) in [4.78, 5) is 17.9. The Bertz CT molecular complexity index is 643. The van der Waals surface area contributed by atoms with Gasteiger partial charge in [-0.2, -0.15) is 20.1 Å². The number of nitrogens with zero attached hydrogens (tertiary/aromatic N) is 7. The first-order chi connectivity index (χ1) is 10.8. The quantitative estimate of drug-likeness (QED) is 0.754. The highest BCUT2D eigenvalue weighted by molar-refractivity contribution is 5.37. The lowest BCUT2D eigenvalue weighted by atomic mass is 10.3. The smallest absolute Gasteiger partial charge is 0.266 e. The van der Waals surface area contributed by atoms with Gasteiger partial charge >= 0.3 is 0 Å². The third kappa shape index (κ3) is 3.33. The first-order valence-electron chi connectivity index (χ1n) is 7.66. The van der Waals surface area contributed by atoms with Crippen LogP contribution in [0.2, 0.25) is 0 Å². The molecule has 118 valence electrons. The van der Waals surface area contributed by atoms with E-state index in [2.05, 4.69) is 25.1 Å². The maximum absolute atomic E-state index is 11.6. The van der Waals surface area contributed by atoms with Crippen LogP contribution in [0, 0.1) is 0 Å². The number of aromatic nitrogens is 5. The highest BCUT2D eigenvalue weighted by Crippen LogP contribution is 2.11. The molecular weight excluding hydrogens is 282 g/mol. The molecule has 0 aliphatic carbocycles. The van der Waals surface area contributed by atoms with Gasteiger partial charge in [0.1, 0.15) is 5.82 Å². The van der Waals surface area contributed by atoms with Crippen LogP contribution in [0.4, 0.5) is 5.82 Å². The summed E-state index contributed by atoms with van der Waals surface area (Å²) >= 11 is 0. The summed E-state index contributed by atoms with van der Waals surface area (Å²) < 4.78 is 1.51. The Hall–Kier alpha value is -2.22. The fraction of sp³-hybridized carbons (Fsp3) is 0.571. The monoisotopic (exact) mass is 303 g/mol. The first kappa shape index (κ1) is 14.7. The van der Waals surface area contributed by atoms with Gasteiger partial charge in [0, 0.05) is 45.3 Å². The Balaban J connectivity index is 1.54. The third-order valence-electron chi connectivity index (χ3n) is 3.93. The van der Waals surface area contributed by atoms with Crippen molar-refractivity contribution in [3.8, 4) is 0 Å². The van der Waals surface area contributed by atoms with Crippen LogP contribution >= 0.6 is 0 Å². The lowest BCUT2D eigenvalue weighted by molar-refractivity contribution is 0.238. The standard InChI is InChI=1S/C14H21N7O/c1-2-20-14(22)4-3-13(17-20)19-10-7-18(8-11-19)9-12-21-15-5-6-16-21/h3-6H,2,7-12H2,1H3. The van der Waals surface area contributed by atoms with Gasteiger partial charge in [-0.25, -0.2) is 4.68 Å². The van der Waals surface area contributed by atoms with Crippen LogP contribution in [0.5, 0.6) is 0 Å². The molecule has 0 N–H and O–H groups in total. The summed E-state index contributed by atoms with van der Waals surface area (Å²) in [5.74, 6) is 0.884. The molecule has 0 spiro atoms. The normalized spacial score (nSPS) is 16.1. The lowest BCUT2D eigenvalue weighted by Crippen LogP contribution is -2.48. The summed E-state index contributed by atoms with van der Waals surface area (Å²) in [6, 6.07) is 3.42. The molecule has 3 rings (SSSR count). The zero-order valence-electron chi connectivity index (χ0n) is 12.8. The second kappa shape index (κ2) is 6.69. The van der Waals surface area contributed by atoms with E-state index in [-0.39, 0.29) is 5.56 Å². The molecule has 0 radical (unpaired) electrons. The van der Waals surface area contributed by atoms with E-state index < -0.39 is 0 Å². The van der Waals surface area contributed by atoms with Gasteiger partial charge in [-0.15, -0.1) is 0 Å². The minimum absolute atomic E-state index is 0.0448. The zero-order chi connectivity index (χ0) is 15.4. The molecule has 3 heterocycles. The lowest BCUT2D eigenvalue weighted by Gasteiger charge is -2.35.